The molecule has 0 aliphatic heterocycles. The second-order valence-electron chi connectivity index (χ2n) is 4.40. The fourth-order valence-electron chi connectivity index (χ4n) is 1.93. The SMILES string of the molecule is Brc1cnn(-c2ccccc2C=NNc2ccccc2)c1. The Morgan fingerprint density at radius 1 is 1.05 bits per heavy atom. The minimum absolute atomic E-state index is 0.941. The van der Waals surface area contributed by atoms with Crippen molar-refractivity contribution in [2.75, 3.05) is 5.43 Å². The van der Waals surface area contributed by atoms with Crippen molar-refractivity contribution in [1.29, 1.82) is 0 Å². The molecule has 3 aromatic rings. The van der Waals surface area contributed by atoms with Crippen molar-refractivity contribution in [2.24, 2.45) is 5.10 Å². The van der Waals surface area contributed by atoms with Crippen LogP contribution in [0, 0.1) is 0 Å². The highest BCUT2D eigenvalue weighted by Gasteiger charge is 2.03. The van der Waals surface area contributed by atoms with Crippen LogP contribution in [0.2, 0.25) is 0 Å². The molecule has 5 heteroatoms. The van der Waals surface area contributed by atoms with Crippen molar-refractivity contribution in [2.45, 2.75) is 0 Å². The molecule has 0 bridgehead atoms. The summed E-state index contributed by atoms with van der Waals surface area (Å²) in [6.07, 6.45) is 5.46. The first-order valence-corrected chi connectivity index (χ1v) is 7.26. The number of hydrogen-bond donors (Lipinski definition) is 1. The molecule has 104 valence electrons. The predicted octanol–water partition coefficient (Wildman–Crippen LogP) is 4.08. The number of nitrogens with zero attached hydrogens (tertiary/aromatic N) is 3. The lowest BCUT2D eigenvalue weighted by atomic mass is 10.2. The standard InChI is InChI=1S/C16H13BrN4/c17-14-11-19-21(12-14)16-9-5-4-6-13(16)10-18-20-15-7-2-1-3-8-15/h1-12,20H. The lowest BCUT2D eigenvalue weighted by Crippen LogP contribution is -2.00. The van der Waals surface area contributed by atoms with Gasteiger partial charge in [0.1, 0.15) is 0 Å². The smallest absolute Gasteiger partial charge is 0.0734 e. The summed E-state index contributed by atoms with van der Waals surface area (Å²) in [5.74, 6) is 0. The van der Waals surface area contributed by atoms with Gasteiger partial charge in [0, 0.05) is 11.8 Å². The van der Waals surface area contributed by atoms with Gasteiger partial charge in [-0.15, -0.1) is 0 Å². The molecule has 0 aliphatic rings. The molecule has 0 saturated carbocycles. The van der Waals surface area contributed by atoms with Gasteiger partial charge in [0.25, 0.3) is 0 Å². The first kappa shape index (κ1) is 13.6. The maximum Gasteiger partial charge on any atom is 0.0734 e. The van der Waals surface area contributed by atoms with E-state index in [0.29, 0.717) is 0 Å². The number of hydrogen-bond acceptors (Lipinski definition) is 3. The van der Waals surface area contributed by atoms with Gasteiger partial charge in [0.05, 0.1) is 28.3 Å². The molecule has 0 aliphatic carbocycles. The van der Waals surface area contributed by atoms with E-state index in [1.807, 2.05) is 65.5 Å². The van der Waals surface area contributed by atoms with Crippen LogP contribution >= 0.6 is 15.9 Å². The molecule has 0 radical (unpaired) electrons. The maximum atomic E-state index is 4.30. The number of anilines is 1. The van der Waals surface area contributed by atoms with Crippen LogP contribution in [0.15, 0.2) is 76.6 Å². The second-order valence-corrected chi connectivity index (χ2v) is 5.31. The van der Waals surface area contributed by atoms with Gasteiger partial charge in [-0.05, 0) is 34.1 Å². The van der Waals surface area contributed by atoms with Crippen molar-refractivity contribution in [3.63, 3.8) is 0 Å². The molecular weight excluding hydrogens is 328 g/mol. The first-order chi connectivity index (χ1) is 10.3. The largest absolute Gasteiger partial charge is 0.279 e. The number of halogens is 1. The summed E-state index contributed by atoms with van der Waals surface area (Å²) in [7, 11) is 0. The minimum atomic E-state index is 0.941. The Labute approximate surface area is 131 Å². The highest BCUT2D eigenvalue weighted by atomic mass is 79.9. The normalized spacial score (nSPS) is 10.9. The van der Waals surface area contributed by atoms with E-state index in [1.54, 1.807) is 12.4 Å². The maximum absolute atomic E-state index is 4.30. The van der Waals surface area contributed by atoms with Gasteiger partial charge < -0.3 is 0 Å². The zero-order chi connectivity index (χ0) is 14.5. The molecule has 0 unspecified atom stereocenters. The highest BCUT2D eigenvalue weighted by Crippen LogP contribution is 2.15. The topological polar surface area (TPSA) is 42.2 Å². The minimum Gasteiger partial charge on any atom is -0.279 e. The van der Waals surface area contributed by atoms with E-state index in [1.165, 1.54) is 0 Å². The molecule has 21 heavy (non-hydrogen) atoms. The molecule has 0 amide bonds. The average Bonchev–Trinajstić information content (AvgIpc) is 2.95. The lowest BCUT2D eigenvalue weighted by molar-refractivity contribution is 0.879. The summed E-state index contributed by atoms with van der Waals surface area (Å²) < 4.78 is 2.75. The van der Waals surface area contributed by atoms with Crippen LogP contribution in [-0.2, 0) is 0 Å². The van der Waals surface area contributed by atoms with Crippen LogP contribution in [0.3, 0.4) is 0 Å². The van der Waals surface area contributed by atoms with Gasteiger partial charge in [-0.25, -0.2) is 4.68 Å². The fourth-order valence-corrected chi connectivity index (χ4v) is 2.21. The lowest BCUT2D eigenvalue weighted by Gasteiger charge is -2.05. The van der Waals surface area contributed by atoms with Crippen LogP contribution < -0.4 is 5.43 Å². The Morgan fingerprint density at radius 3 is 2.57 bits per heavy atom. The summed E-state index contributed by atoms with van der Waals surface area (Å²) in [6, 6.07) is 17.8. The van der Waals surface area contributed by atoms with Gasteiger partial charge in [-0.2, -0.15) is 10.2 Å². The van der Waals surface area contributed by atoms with Crippen LogP contribution in [0.1, 0.15) is 5.56 Å². The third-order valence-corrected chi connectivity index (χ3v) is 3.32. The number of aromatic nitrogens is 2. The Kier molecular flexibility index (Phi) is 4.12. The van der Waals surface area contributed by atoms with Gasteiger partial charge in [-0.1, -0.05) is 36.4 Å². The molecule has 2 aromatic carbocycles. The fraction of sp³-hybridized carbons (Fsp3) is 0. The monoisotopic (exact) mass is 340 g/mol. The average molecular weight is 341 g/mol. The number of para-hydroxylation sites is 2. The van der Waals surface area contributed by atoms with Crippen LogP contribution in [0.5, 0.6) is 0 Å². The molecule has 1 N–H and O–H groups in total. The van der Waals surface area contributed by atoms with Crippen molar-refractivity contribution in [1.82, 2.24) is 9.78 Å². The Hall–Kier alpha value is -2.40. The summed E-state index contributed by atoms with van der Waals surface area (Å²) in [6.45, 7) is 0. The summed E-state index contributed by atoms with van der Waals surface area (Å²) in [5.41, 5.74) is 5.92. The van der Waals surface area contributed by atoms with E-state index < -0.39 is 0 Å². The molecular formula is C16H13BrN4. The molecule has 0 saturated heterocycles. The third-order valence-electron chi connectivity index (χ3n) is 2.91. The Morgan fingerprint density at radius 2 is 1.81 bits per heavy atom. The van der Waals surface area contributed by atoms with Gasteiger partial charge in [-0.3, -0.25) is 5.43 Å². The predicted molar refractivity (Wildman–Crippen MR) is 88.9 cm³/mol. The molecule has 1 heterocycles. The van der Waals surface area contributed by atoms with Gasteiger partial charge >= 0.3 is 0 Å². The van der Waals surface area contributed by atoms with E-state index in [0.717, 1.165) is 21.4 Å². The van der Waals surface area contributed by atoms with Crippen molar-refractivity contribution in [3.05, 3.63) is 77.0 Å². The Balaban J connectivity index is 1.83. The zero-order valence-electron chi connectivity index (χ0n) is 11.1. The van der Waals surface area contributed by atoms with Crippen molar-refractivity contribution >= 4 is 27.8 Å². The first-order valence-electron chi connectivity index (χ1n) is 6.46. The summed E-state index contributed by atoms with van der Waals surface area (Å²) in [5, 5.41) is 8.58. The van der Waals surface area contributed by atoms with E-state index in [2.05, 4.69) is 31.6 Å². The van der Waals surface area contributed by atoms with Crippen LogP contribution in [-0.4, -0.2) is 16.0 Å². The van der Waals surface area contributed by atoms with Gasteiger partial charge in [0.15, 0.2) is 0 Å². The number of rotatable bonds is 4. The molecule has 1 aromatic heterocycles. The van der Waals surface area contributed by atoms with Crippen molar-refractivity contribution in [3.8, 4) is 5.69 Å². The van der Waals surface area contributed by atoms with E-state index in [4.69, 9.17) is 0 Å². The molecule has 0 spiro atoms. The van der Waals surface area contributed by atoms with E-state index >= 15 is 0 Å². The zero-order valence-corrected chi connectivity index (χ0v) is 12.7. The summed E-state index contributed by atoms with van der Waals surface area (Å²) in [4.78, 5) is 0. The van der Waals surface area contributed by atoms with Gasteiger partial charge in [0.2, 0.25) is 0 Å². The number of hydrazone groups is 1. The van der Waals surface area contributed by atoms with E-state index in [9.17, 15) is 0 Å². The van der Waals surface area contributed by atoms with Crippen LogP contribution in [0.25, 0.3) is 5.69 Å². The third kappa shape index (κ3) is 3.38. The molecule has 0 fully saturated rings. The quantitative estimate of drug-likeness (QED) is 0.574. The Bertz CT molecular complexity index is 750. The highest BCUT2D eigenvalue weighted by molar-refractivity contribution is 9.10. The molecule has 4 nitrogen and oxygen atoms in total. The van der Waals surface area contributed by atoms with Crippen molar-refractivity contribution < 1.29 is 0 Å². The van der Waals surface area contributed by atoms with E-state index in [-0.39, 0.29) is 0 Å². The summed E-state index contributed by atoms with van der Waals surface area (Å²) >= 11 is 3.41. The van der Waals surface area contributed by atoms with Crippen LogP contribution in [0.4, 0.5) is 5.69 Å². The second kappa shape index (κ2) is 6.37. The molecule has 3 rings (SSSR count). The molecule has 0 atom stereocenters. The number of benzene rings is 2. The number of nitrogens with one attached hydrogen (secondary N) is 1.